The number of hydrogen-bond donors (Lipinski definition) is 0. The van der Waals surface area contributed by atoms with Crippen LogP contribution in [-0.4, -0.2) is 53.9 Å². The molecule has 1 aromatic carbocycles. The van der Waals surface area contributed by atoms with Gasteiger partial charge in [-0.1, -0.05) is 22.9 Å². The van der Waals surface area contributed by atoms with E-state index in [2.05, 4.69) is 22.9 Å². The van der Waals surface area contributed by atoms with Crippen molar-refractivity contribution >= 4 is 27.7 Å². The van der Waals surface area contributed by atoms with Crippen LogP contribution in [-0.2, 0) is 4.79 Å². The third kappa shape index (κ3) is 5.07. The summed E-state index contributed by atoms with van der Waals surface area (Å²) < 4.78 is 6.74. The standard InChI is InChI=1S/C22H31BrN2O3/c1-15(2)28-20-13-18(23)6-7-19(20)22(27)24-11-8-17(9-12-24)21(26)25-10-4-5-16(3)14-25/h6-7,13,15-17H,4-5,8-12,14H2,1-3H3. The van der Waals surface area contributed by atoms with Crippen molar-refractivity contribution in [1.82, 2.24) is 9.80 Å². The maximum absolute atomic E-state index is 13.1. The zero-order valence-corrected chi connectivity index (χ0v) is 18.7. The lowest BCUT2D eigenvalue weighted by atomic mass is 9.92. The highest BCUT2D eigenvalue weighted by atomic mass is 79.9. The Morgan fingerprint density at radius 3 is 2.46 bits per heavy atom. The molecule has 2 amide bonds. The third-order valence-electron chi connectivity index (χ3n) is 5.64. The zero-order chi connectivity index (χ0) is 20.3. The van der Waals surface area contributed by atoms with Crippen molar-refractivity contribution in [3.63, 3.8) is 0 Å². The fourth-order valence-electron chi connectivity index (χ4n) is 4.17. The van der Waals surface area contributed by atoms with E-state index in [4.69, 9.17) is 4.74 Å². The first-order chi connectivity index (χ1) is 13.3. The van der Waals surface area contributed by atoms with Crippen LogP contribution in [0.25, 0.3) is 0 Å². The minimum Gasteiger partial charge on any atom is -0.490 e. The van der Waals surface area contributed by atoms with Crippen molar-refractivity contribution in [2.24, 2.45) is 11.8 Å². The minimum absolute atomic E-state index is 0.00357. The third-order valence-corrected chi connectivity index (χ3v) is 6.13. The van der Waals surface area contributed by atoms with Crippen LogP contribution >= 0.6 is 15.9 Å². The number of carbonyl (C=O) groups excluding carboxylic acids is 2. The monoisotopic (exact) mass is 450 g/mol. The normalized spacial score (nSPS) is 21.1. The second-order valence-corrected chi connectivity index (χ2v) is 9.32. The number of benzene rings is 1. The van der Waals surface area contributed by atoms with Gasteiger partial charge in [0.25, 0.3) is 5.91 Å². The highest BCUT2D eigenvalue weighted by Crippen LogP contribution is 2.29. The minimum atomic E-state index is -0.0133. The topological polar surface area (TPSA) is 49.9 Å². The van der Waals surface area contributed by atoms with Crippen LogP contribution in [0, 0.1) is 11.8 Å². The first-order valence-electron chi connectivity index (χ1n) is 10.4. The molecule has 0 radical (unpaired) electrons. The second kappa shape index (κ2) is 9.29. The number of carbonyl (C=O) groups is 2. The van der Waals surface area contributed by atoms with Crippen molar-refractivity contribution in [3.05, 3.63) is 28.2 Å². The molecule has 0 N–H and O–H groups in total. The Hall–Kier alpha value is -1.56. The van der Waals surface area contributed by atoms with Crippen molar-refractivity contribution in [1.29, 1.82) is 0 Å². The summed E-state index contributed by atoms with van der Waals surface area (Å²) in [4.78, 5) is 29.8. The zero-order valence-electron chi connectivity index (χ0n) is 17.1. The number of rotatable bonds is 4. The molecule has 1 aromatic rings. The smallest absolute Gasteiger partial charge is 0.257 e. The van der Waals surface area contributed by atoms with E-state index in [-0.39, 0.29) is 23.8 Å². The summed E-state index contributed by atoms with van der Waals surface area (Å²) in [6.07, 6.45) is 3.80. The molecule has 1 unspecified atom stereocenters. The number of halogens is 1. The molecule has 2 saturated heterocycles. The lowest BCUT2D eigenvalue weighted by Crippen LogP contribution is -2.47. The summed E-state index contributed by atoms with van der Waals surface area (Å²) >= 11 is 3.45. The van der Waals surface area contributed by atoms with E-state index in [0.29, 0.717) is 30.3 Å². The van der Waals surface area contributed by atoms with Gasteiger partial charge in [-0.25, -0.2) is 0 Å². The SMILES string of the molecule is CC1CCCN(C(=O)C2CCN(C(=O)c3ccc(Br)cc3OC(C)C)CC2)C1. The van der Waals surface area contributed by atoms with E-state index in [0.717, 1.165) is 36.8 Å². The van der Waals surface area contributed by atoms with E-state index in [9.17, 15) is 9.59 Å². The van der Waals surface area contributed by atoms with Crippen LogP contribution in [0.2, 0.25) is 0 Å². The predicted octanol–water partition coefficient (Wildman–Crippen LogP) is 4.35. The van der Waals surface area contributed by atoms with Crippen molar-refractivity contribution < 1.29 is 14.3 Å². The van der Waals surface area contributed by atoms with E-state index < -0.39 is 0 Å². The molecule has 154 valence electrons. The van der Waals surface area contributed by atoms with Crippen LogP contribution in [0.15, 0.2) is 22.7 Å². The van der Waals surface area contributed by atoms with Crippen LogP contribution in [0.4, 0.5) is 0 Å². The Morgan fingerprint density at radius 1 is 1.11 bits per heavy atom. The number of piperidine rings is 2. The molecule has 2 heterocycles. The average Bonchev–Trinajstić information content (AvgIpc) is 2.67. The molecular weight excluding hydrogens is 420 g/mol. The summed E-state index contributed by atoms with van der Waals surface area (Å²) in [5, 5.41) is 0. The summed E-state index contributed by atoms with van der Waals surface area (Å²) in [5.41, 5.74) is 0.589. The summed E-state index contributed by atoms with van der Waals surface area (Å²) in [6.45, 7) is 9.13. The number of amides is 2. The maximum atomic E-state index is 13.1. The van der Waals surface area contributed by atoms with Gasteiger partial charge >= 0.3 is 0 Å². The summed E-state index contributed by atoms with van der Waals surface area (Å²) in [7, 11) is 0. The molecule has 2 aliphatic rings. The molecule has 1 atom stereocenters. The molecule has 5 nitrogen and oxygen atoms in total. The van der Waals surface area contributed by atoms with E-state index in [1.165, 1.54) is 6.42 Å². The van der Waals surface area contributed by atoms with Crippen LogP contribution < -0.4 is 4.74 Å². The Labute approximate surface area is 176 Å². The predicted molar refractivity (Wildman–Crippen MR) is 114 cm³/mol. The molecule has 0 aromatic heterocycles. The Kier molecular flexibility index (Phi) is 7.02. The second-order valence-electron chi connectivity index (χ2n) is 8.41. The van der Waals surface area contributed by atoms with Crippen LogP contribution in [0.1, 0.15) is 56.8 Å². The lowest BCUT2D eigenvalue weighted by molar-refractivity contribution is -0.138. The molecular formula is C22H31BrN2O3. The van der Waals surface area contributed by atoms with Crippen molar-refractivity contribution in [3.8, 4) is 5.75 Å². The maximum Gasteiger partial charge on any atom is 0.257 e. The van der Waals surface area contributed by atoms with Crippen molar-refractivity contribution in [2.45, 2.75) is 52.6 Å². The molecule has 6 heteroatoms. The number of ether oxygens (including phenoxy) is 1. The van der Waals surface area contributed by atoms with Gasteiger partial charge in [0.1, 0.15) is 5.75 Å². The van der Waals surface area contributed by atoms with E-state index >= 15 is 0 Å². The number of nitrogens with zero attached hydrogens (tertiary/aromatic N) is 2. The summed E-state index contributed by atoms with van der Waals surface area (Å²) in [6, 6.07) is 5.53. The molecule has 2 fully saturated rings. The molecule has 28 heavy (non-hydrogen) atoms. The van der Waals surface area contributed by atoms with Gasteiger partial charge in [-0.2, -0.15) is 0 Å². The van der Waals surface area contributed by atoms with Crippen molar-refractivity contribution in [2.75, 3.05) is 26.2 Å². The molecule has 0 aliphatic carbocycles. The van der Waals surface area contributed by atoms with Crippen LogP contribution in [0.3, 0.4) is 0 Å². The highest BCUT2D eigenvalue weighted by molar-refractivity contribution is 9.10. The largest absolute Gasteiger partial charge is 0.490 e. The summed E-state index contributed by atoms with van der Waals surface area (Å²) in [5.74, 6) is 1.52. The Morgan fingerprint density at radius 2 is 1.82 bits per heavy atom. The fourth-order valence-corrected chi connectivity index (χ4v) is 4.51. The van der Waals surface area contributed by atoms with Gasteiger partial charge < -0.3 is 14.5 Å². The van der Waals surface area contributed by atoms with E-state index in [1.54, 1.807) is 0 Å². The molecule has 0 saturated carbocycles. The van der Waals surface area contributed by atoms with Crippen LogP contribution in [0.5, 0.6) is 5.75 Å². The van der Waals surface area contributed by atoms with Gasteiger partial charge in [0.15, 0.2) is 0 Å². The number of likely N-dealkylation sites (tertiary alicyclic amines) is 2. The first kappa shape index (κ1) is 21.2. The van der Waals surface area contributed by atoms with Gasteiger partial charge in [-0.3, -0.25) is 9.59 Å². The Balaban J connectivity index is 1.62. The molecule has 0 spiro atoms. The van der Waals surface area contributed by atoms with Gasteiger partial charge in [0, 0.05) is 36.6 Å². The molecule has 3 rings (SSSR count). The van der Waals surface area contributed by atoms with Gasteiger partial charge in [0.2, 0.25) is 5.91 Å². The average molecular weight is 451 g/mol. The van der Waals surface area contributed by atoms with Gasteiger partial charge in [-0.05, 0) is 63.6 Å². The molecule has 2 aliphatic heterocycles. The Bertz CT molecular complexity index is 714. The van der Waals surface area contributed by atoms with E-state index in [1.807, 2.05) is 41.8 Å². The van der Waals surface area contributed by atoms with Gasteiger partial charge in [-0.15, -0.1) is 0 Å². The molecule has 0 bridgehead atoms. The highest BCUT2D eigenvalue weighted by Gasteiger charge is 2.32. The quantitative estimate of drug-likeness (QED) is 0.684. The van der Waals surface area contributed by atoms with Gasteiger partial charge in [0.05, 0.1) is 11.7 Å². The number of hydrogen-bond acceptors (Lipinski definition) is 3. The fraction of sp³-hybridized carbons (Fsp3) is 0.636. The lowest BCUT2D eigenvalue weighted by Gasteiger charge is -2.37. The first-order valence-corrected chi connectivity index (χ1v) is 11.2.